The fourth-order valence-corrected chi connectivity index (χ4v) is 4.00. The molecule has 0 aromatic heterocycles. The highest BCUT2D eigenvalue weighted by Gasteiger charge is 2.35. The van der Waals surface area contributed by atoms with Crippen molar-refractivity contribution in [1.29, 1.82) is 0 Å². The van der Waals surface area contributed by atoms with Gasteiger partial charge in [-0.3, -0.25) is 14.5 Å². The summed E-state index contributed by atoms with van der Waals surface area (Å²) in [5.41, 5.74) is 0. The molecule has 0 atom stereocenters. The summed E-state index contributed by atoms with van der Waals surface area (Å²) in [5.74, 6) is -0.687. The molecule has 0 aromatic rings. The molecule has 0 spiro atoms. The number of hydrogen-bond acceptors (Lipinski definition) is 4. The van der Waals surface area contributed by atoms with Crippen LogP contribution in [-0.2, 0) is 9.59 Å². The summed E-state index contributed by atoms with van der Waals surface area (Å²) < 4.78 is 0. The summed E-state index contributed by atoms with van der Waals surface area (Å²) in [4.78, 5) is 39.0. The predicted molar refractivity (Wildman–Crippen MR) is 107 cm³/mol. The number of likely N-dealkylation sites (tertiary alicyclic amines) is 1. The van der Waals surface area contributed by atoms with Gasteiger partial charge >= 0.3 is 12.0 Å². The van der Waals surface area contributed by atoms with Crippen LogP contribution in [0, 0.1) is 0 Å². The number of rotatable bonds is 10. The fraction of sp³-hybridized carbons (Fsp3) is 0.850. The molecular weight excluding hydrogens is 360 g/mol. The fourth-order valence-electron chi connectivity index (χ4n) is 4.00. The second-order valence-electron chi connectivity index (χ2n) is 8.01. The Morgan fingerprint density at radius 2 is 1.71 bits per heavy atom. The summed E-state index contributed by atoms with van der Waals surface area (Å²) in [5, 5.41) is 15.1. The number of nitrogens with one attached hydrogen (secondary N) is 2. The van der Waals surface area contributed by atoms with Crippen LogP contribution >= 0.6 is 0 Å². The first-order chi connectivity index (χ1) is 13.4. The van der Waals surface area contributed by atoms with E-state index in [0.29, 0.717) is 26.1 Å². The van der Waals surface area contributed by atoms with E-state index in [4.69, 9.17) is 5.11 Å². The smallest absolute Gasteiger partial charge is 0.317 e. The van der Waals surface area contributed by atoms with Gasteiger partial charge in [-0.25, -0.2) is 4.79 Å². The van der Waals surface area contributed by atoms with Gasteiger partial charge in [-0.05, 0) is 38.6 Å². The first kappa shape index (κ1) is 22.5. The maximum absolute atomic E-state index is 12.4. The van der Waals surface area contributed by atoms with Crippen molar-refractivity contribution in [3.05, 3.63) is 0 Å². The lowest BCUT2D eigenvalue weighted by Gasteiger charge is -2.43. The minimum absolute atomic E-state index is 0.0440. The van der Waals surface area contributed by atoms with Crippen LogP contribution in [0.15, 0.2) is 0 Å². The number of carbonyl (C=O) groups is 3. The first-order valence-corrected chi connectivity index (χ1v) is 10.7. The lowest BCUT2D eigenvalue weighted by molar-refractivity contribution is -0.139. The van der Waals surface area contributed by atoms with Gasteiger partial charge in [-0.2, -0.15) is 0 Å². The third-order valence-electron chi connectivity index (χ3n) is 5.86. The van der Waals surface area contributed by atoms with E-state index >= 15 is 0 Å². The Bertz CT molecular complexity index is 528. The largest absolute Gasteiger partial charge is 0.480 e. The van der Waals surface area contributed by atoms with Gasteiger partial charge in [0.05, 0.1) is 6.54 Å². The van der Waals surface area contributed by atoms with Crippen molar-refractivity contribution in [3.8, 4) is 0 Å². The molecular formula is C20H36N4O4. The predicted octanol–water partition coefficient (Wildman–Crippen LogP) is 1.79. The van der Waals surface area contributed by atoms with Crippen molar-refractivity contribution in [2.45, 2.75) is 83.3 Å². The number of aliphatic carboxylic acids is 1. The minimum atomic E-state index is -0.810. The van der Waals surface area contributed by atoms with Crippen LogP contribution in [0.2, 0.25) is 0 Å². The van der Waals surface area contributed by atoms with E-state index in [-0.39, 0.29) is 36.6 Å². The second kappa shape index (κ2) is 11.2. The van der Waals surface area contributed by atoms with Crippen LogP contribution in [0.5, 0.6) is 0 Å². The Kier molecular flexibility index (Phi) is 9.02. The van der Waals surface area contributed by atoms with E-state index in [1.807, 2.05) is 16.7 Å². The number of hydrogen-bond donors (Lipinski definition) is 3. The monoisotopic (exact) mass is 396 g/mol. The Hall–Kier alpha value is -1.83. The quantitative estimate of drug-likeness (QED) is 0.489. The van der Waals surface area contributed by atoms with Gasteiger partial charge < -0.3 is 20.6 Å². The Morgan fingerprint density at radius 3 is 2.29 bits per heavy atom. The molecule has 2 aliphatic rings. The molecule has 0 unspecified atom stereocenters. The molecule has 0 bridgehead atoms. The van der Waals surface area contributed by atoms with E-state index in [1.165, 1.54) is 0 Å². The van der Waals surface area contributed by atoms with E-state index < -0.39 is 5.97 Å². The first-order valence-electron chi connectivity index (χ1n) is 10.7. The Labute approximate surface area is 168 Å². The number of likely N-dealkylation sites (N-methyl/N-ethyl adjacent to an activating group) is 1. The average molecular weight is 397 g/mol. The van der Waals surface area contributed by atoms with Gasteiger partial charge in [-0.15, -0.1) is 0 Å². The average Bonchev–Trinajstić information content (AvgIpc) is 2.63. The molecule has 28 heavy (non-hydrogen) atoms. The second-order valence-corrected chi connectivity index (χ2v) is 8.01. The molecule has 1 aliphatic heterocycles. The number of piperidine rings is 1. The maximum Gasteiger partial charge on any atom is 0.317 e. The van der Waals surface area contributed by atoms with Gasteiger partial charge in [0, 0.05) is 37.6 Å². The third kappa shape index (κ3) is 6.96. The van der Waals surface area contributed by atoms with Crippen molar-refractivity contribution in [1.82, 2.24) is 20.4 Å². The zero-order valence-electron chi connectivity index (χ0n) is 17.3. The molecule has 1 heterocycles. The summed E-state index contributed by atoms with van der Waals surface area (Å²) in [6, 6.07) is 0.481. The lowest BCUT2D eigenvalue weighted by atomic mass is 9.85. The van der Waals surface area contributed by atoms with Gasteiger partial charge in [0.2, 0.25) is 5.91 Å². The van der Waals surface area contributed by atoms with E-state index in [1.54, 1.807) is 0 Å². The Balaban J connectivity index is 1.62. The maximum atomic E-state index is 12.4. The SMILES string of the molecule is CCCCCC(=O)NC1CCN(C(=O)NC2CC(N(CC)CC(=O)O)C2)CC1. The third-order valence-corrected chi connectivity index (χ3v) is 5.86. The van der Waals surface area contributed by atoms with E-state index in [2.05, 4.69) is 17.6 Å². The number of urea groups is 1. The van der Waals surface area contributed by atoms with Crippen molar-refractivity contribution in [3.63, 3.8) is 0 Å². The number of carboxylic acids is 1. The highest BCUT2D eigenvalue weighted by Crippen LogP contribution is 2.26. The van der Waals surface area contributed by atoms with Crippen LogP contribution in [-0.4, -0.2) is 77.1 Å². The molecule has 2 rings (SSSR count). The van der Waals surface area contributed by atoms with Crippen molar-refractivity contribution < 1.29 is 19.5 Å². The lowest BCUT2D eigenvalue weighted by Crippen LogP contribution is -2.58. The highest BCUT2D eigenvalue weighted by molar-refractivity contribution is 5.76. The molecule has 8 heteroatoms. The van der Waals surface area contributed by atoms with Crippen LogP contribution in [0.4, 0.5) is 4.79 Å². The zero-order valence-corrected chi connectivity index (χ0v) is 17.3. The Morgan fingerprint density at radius 1 is 1.04 bits per heavy atom. The van der Waals surface area contributed by atoms with Crippen molar-refractivity contribution >= 4 is 17.9 Å². The van der Waals surface area contributed by atoms with Crippen LogP contribution < -0.4 is 10.6 Å². The standard InChI is InChI=1S/C20H36N4O4/c1-3-5-6-7-18(25)21-15-8-10-24(11-9-15)20(28)22-16-12-17(13-16)23(4-2)14-19(26)27/h15-17H,3-14H2,1-2H3,(H,21,25)(H,22,28)(H,26,27). The molecule has 0 aromatic carbocycles. The minimum Gasteiger partial charge on any atom is -0.480 e. The van der Waals surface area contributed by atoms with Gasteiger partial charge in [-0.1, -0.05) is 26.7 Å². The number of nitrogens with zero attached hydrogens (tertiary/aromatic N) is 2. The van der Waals surface area contributed by atoms with E-state index in [9.17, 15) is 14.4 Å². The molecule has 160 valence electrons. The van der Waals surface area contributed by atoms with Gasteiger partial charge in [0.25, 0.3) is 0 Å². The zero-order chi connectivity index (χ0) is 20.5. The summed E-state index contributed by atoms with van der Waals surface area (Å²) in [6.07, 6.45) is 6.92. The van der Waals surface area contributed by atoms with E-state index in [0.717, 1.165) is 44.9 Å². The topological polar surface area (TPSA) is 102 Å². The number of amides is 3. The molecule has 8 nitrogen and oxygen atoms in total. The summed E-state index contributed by atoms with van der Waals surface area (Å²) >= 11 is 0. The number of unbranched alkanes of at least 4 members (excludes halogenated alkanes) is 2. The van der Waals surface area contributed by atoms with Crippen molar-refractivity contribution in [2.24, 2.45) is 0 Å². The summed E-state index contributed by atoms with van der Waals surface area (Å²) in [6.45, 7) is 6.15. The molecule has 3 N–H and O–H groups in total. The summed E-state index contributed by atoms with van der Waals surface area (Å²) in [7, 11) is 0. The van der Waals surface area contributed by atoms with Crippen molar-refractivity contribution in [2.75, 3.05) is 26.2 Å². The van der Waals surface area contributed by atoms with Crippen LogP contribution in [0.1, 0.15) is 65.2 Å². The van der Waals surface area contributed by atoms with Crippen LogP contribution in [0.3, 0.4) is 0 Å². The van der Waals surface area contributed by atoms with Gasteiger partial charge in [0.15, 0.2) is 0 Å². The van der Waals surface area contributed by atoms with Gasteiger partial charge in [0.1, 0.15) is 0 Å². The molecule has 2 fully saturated rings. The normalized spacial score (nSPS) is 22.6. The number of carbonyl (C=O) groups excluding carboxylic acids is 2. The molecule has 0 radical (unpaired) electrons. The molecule has 1 aliphatic carbocycles. The molecule has 3 amide bonds. The molecule has 1 saturated heterocycles. The molecule has 1 saturated carbocycles. The highest BCUT2D eigenvalue weighted by atomic mass is 16.4. The van der Waals surface area contributed by atoms with Crippen LogP contribution in [0.25, 0.3) is 0 Å². The number of carboxylic acid groups (broad SMARTS) is 1.